The molecule has 2 aliphatic rings. The highest BCUT2D eigenvalue weighted by molar-refractivity contribution is 5.87. The lowest BCUT2D eigenvalue weighted by Crippen LogP contribution is -2.48. The van der Waals surface area contributed by atoms with Crippen LogP contribution >= 0.6 is 0 Å². The number of cyclic esters (lactones) is 1. The molecule has 2 aliphatic heterocycles. The Labute approximate surface area is 147 Å². The zero-order valence-electron chi connectivity index (χ0n) is 14.7. The number of hydrogen-bond donors (Lipinski definition) is 0. The summed E-state index contributed by atoms with van der Waals surface area (Å²) in [6.07, 6.45) is 1.94. The fourth-order valence-corrected chi connectivity index (χ4v) is 3.59. The Balaban J connectivity index is 1.58. The zero-order valence-corrected chi connectivity index (χ0v) is 14.7. The minimum absolute atomic E-state index is 0.0357. The van der Waals surface area contributed by atoms with Crippen LogP contribution in [-0.4, -0.2) is 42.1 Å². The van der Waals surface area contributed by atoms with E-state index in [0.29, 0.717) is 19.7 Å². The molecule has 0 saturated carbocycles. The molecule has 2 saturated heterocycles. The number of piperidine rings is 1. The van der Waals surface area contributed by atoms with Crippen molar-refractivity contribution in [3.8, 4) is 5.75 Å². The van der Waals surface area contributed by atoms with Gasteiger partial charge in [-0.05, 0) is 38.8 Å². The molecule has 1 amide bonds. The monoisotopic (exact) mass is 349 g/mol. The first-order valence-corrected chi connectivity index (χ1v) is 8.75. The highest BCUT2D eigenvalue weighted by Gasteiger charge is 2.47. The SMILES string of the molecule is CC1(C)OC(=O)C[C@H]1C(=O)N1CCC[C@@H](COc2ccccc2F)C1. The molecule has 2 atom stereocenters. The van der Waals surface area contributed by atoms with Gasteiger partial charge >= 0.3 is 5.97 Å². The normalized spacial score (nSPS) is 25.6. The van der Waals surface area contributed by atoms with Crippen molar-refractivity contribution in [2.75, 3.05) is 19.7 Å². The maximum Gasteiger partial charge on any atom is 0.307 e. The van der Waals surface area contributed by atoms with E-state index in [4.69, 9.17) is 9.47 Å². The molecule has 1 aromatic rings. The molecule has 1 aromatic carbocycles. The fraction of sp³-hybridized carbons (Fsp3) is 0.579. The molecule has 6 heteroatoms. The number of carbonyl (C=O) groups is 2. The molecule has 0 aliphatic carbocycles. The van der Waals surface area contributed by atoms with Gasteiger partial charge < -0.3 is 14.4 Å². The molecule has 3 rings (SSSR count). The third-order valence-corrected chi connectivity index (χ3v) is 5.03. The average molecular weight is 349 g/mol. The third kappa shape index (κ3) is 3.94. The first-order chi connectivity index (χ1) is 11.9. The van der Waals surface area contributed by atoms with E-state index in [0.717, 1.165) is 12.8 Å². The van der Waals surface area contributed by atoms with Crippen LogP contribution in [-0.2, 0) is 14.3 Å². The van der Waals surface area contributed by atoms with Crippen LogP contribution in [0.1, 0.15) is 33.1 Å². The Morgan fingerprint density at radius 2 is 2.16 bits per heavy atom. The second-order valence-corrected chi connectivity index (χ2v) is 7.37. The summed E-state index contributed by atoms with van der Waals surface area (Å²) in [4.78, 5) is 26.2. The van der Waals surface area contributed by atoms with Crippen molar-refractivity contribution < 1.29 is 23.5 Å². The van der Waals surface area contributed by atoms with E-state index in [9.17, 15) is 14.0 Å². The molecule has 0 bridgehead atoms. The number of esters is 1. The molecule has 5 nitrogen and oxygen atoms in total. The van der Waals surface area contributed by atoms with Crippen molar-refractivity contribution in [2.45, 2.75) is 38.7 Å². The van der Waals surface area contributed by atoms with Gasteiger partial charge in [-0.15, -0.1) is 0 Å². The second-order valence-electron chi connectivity index (χ2n) is 7.37. The van der Waals surface area contributed by atoms with Gasteiger partial charge in [-0.2, -0.15) is 0 Å². The molecule has 25 heavy (non-hydrogen) atoms. The van der Waals surface area contributed by atoms with Crippen molar-refractivity contribution in [2.24, 2.45) is 11.8 Å². The summed E-state index contributed by atoms with van der Waals surface area (Å²) in [5.74, 6) is -0.785. The second kappa shape index (κ2) is 7.02. The quantitative estimate of drug-likeness (QED) is 0.785. The number of amides is 1. The van der Waals surface area contributed by atoms with Crippen molar-refractivity contribution in [1.29, 1.82) is 0 Å². The van der Waals surface area contributed by atoms with Crippen LogP contribution in [0.4, 0.5) is 4.39 Å². The number of para-hydroxylation sites is 1. The molecule has 0 aromatic heterocycles. The lowest BCUT2D eigenvalue weighted by atomic mass is 9.88. The van der Waals surface area contributed by atoms with E-state index < -0.39 is 11.5 Å². The molecule has 0 radical (unpaired) electrons. The first kappa shape index (κ1) is 17.7. The highest BCUT2D eigenvalue weighted by Crippen LogP contribution is 2.34. The van der Waals surface area contributed by atoms with Gasteiger partial charge in [0.15, 0.2) is 11.6 Å². The van der Waals surface area contributed by atoms with Gasteiger partial charge in [0, 0.05) is 19.0 Å². The van der Waals surface area contributed by atoms with Gasteiger partial charge in [-0.3, -0.25) is 9.59 Å². The summed E-state index contributed by atoms with van der Waals surface area (Å²) < 4.78 is 24.5. The van der Waals surface area contributed by atoms with Gasteiger partial charge in [-0.25, -0.2) is 4.39 Å². The smallest absolute Gasteiger partial charge is 0.307 e. The molecule has 0 unspecified atom stereocenters. The number of halogens is 1. The number of ether oxygens (including phenoxy) is 2. The van der Waals surface area contributed by atoms with Crippen LogP contribution in [0.3, 0.4) is 0 Å². The predicted molar refractivity (Wildman–Crippen MR) is 89.5 cm³/mol. The summed E-state index contributed by atoms with van der Waals surface area (Å²) in [7, 11) is 0. The molecular weight excluding hydrogens is 325 g/mol. The minimum atomic E-state index is -0.759. The number of likely N-dealkylation sites (tertiary alicyclic amines) is 1. The average Bonchev–Trinajstić information content (AvgIpc) is 2.86. The first-order valence-electron chi connectivity index (χ1n) is 8.75. The number of rotatable bonds is 4. The predicted octanol–water partition coefficient (Wildman–Crippen LogP) is 2.78. The number of carbonyl (C=O) groups excluding carboxylic acids is 2. The maximum atomic E-state index is 13.6. The summed E-state index contributed by atoms with van der Waals surface area (Å²) >= 11 is 0. The van der Waals surface area contributed by atoms with E-state index in [1.165, 1.54) is 6.07 Å². The van der Waals surface area contributed by atoms with E-state index in [1.807, 2.05) is 0 Å². The van der Waals surface area contributed by atoms with Crippen molar-refractivity contribution >= 4 is 11.9 Å². The van der Waals surface area contributed by atoms with Gasteiger partial charge in [0.2, 0.25) is 5.91 Å². The lowest BCUT2D eigenvalue weighted by molar-refractivity contribution is -0.149. The maximum absolute atomic E-state index is 13.6. The van der Waals surface area contributed by atoms with Crippen LogP contribution in [0.25, 0.3) is 0 Å². The standard InChI is InChI=1S/C19H24FNO4/c1-19(2)14(10-17(22)25-19)18(23)21-9-5-6-13(11-21)12-24-16-8-4-3-7-15(16)20/h3-4,7-8,13-14H,5-6,9-12H2,1-2H3/t13-,14+/m1/s1. The Hall–Kier alpha value is -2.11. The summed E-state index contributed by atoms with van der Waals surface area (Å²) in [5.41, 5.74) is -0.759. The van der Waals surface area contributed by atoms with Crippen LogP contribution in [0.2, 0.25) is 0 Å². The summed E-state index contributed by atoms with van der Waals surface area (Å²) in [6, 6.07) is 6.32. The summed E-state index contributed by atoms with van der Waals surface area (Å²) in [5, 5.41) is 0. The molecule has 136 valence electrons. The van der Waals surface area contributed by atoms with Crippen molar-refractivity contribution in [1.82, 2.24) is 4.90 Å². The third-order valence-electron chi connectivity index (χ3n) is 5.03. The fourth-order valence-electron chi connectivity index (χ4n) is 3.59. The highest BCUT2D eigenvalue weighted by atomic mass is 19.1. The van der Waals surface area contributed by atoms with Crippen molar-refractivity contribution in [3.05, 3.63) is 30.1 Å². The van der Waals surface area contributed by atoms with E-state index >= 15 is 0 Å². The van der Waals surface area contributed by atoms with E-state index in [2.05, 4.69) is 0 Å². The Kier molecular flexibility index (Phi) is 4.97. The van der Waals surface area contributed by atoms with E-state index in [-0.39, 0.29) is 35.8 Å². The number of nitrogens with zero attached hydrogens (tertiary/aromatic N) is 1. The number of benzene rings is 1. The Morgan fingerprint density at radius 1 is 1.40 bits per heavy atom. The van der Waals surface area contributed by atoms with Gasteiger partial charge in [0.1, 0.15) is 5.60 Å². The number of hydrogen-bond acceptors (Lipinski definition) is 4. The summed E-state index contributed by atoms with van der Waals surface area (Å²) in [6.45, 7) is 5.17. The zero-order chi connectivity index (χ0) is 18.0. The van der Waals surface area contributed by atoms with Crippen LogP contribution < -0.4 is 4.74 Å². The molecule has 0 N–H and O–H groups in total. The van der Waals surface area contributed by atoms with Gasteiger partial charge in [0.05, 0.1) is 18.9 Å². The van der Waals surface area contributed by atoms with Crippen LogP contribution in [0.5, 0.6) is 5.75 Å². The molecule has 0 spiro atoms. The molecule has 2 heterocycles. The minimum Gasteiger partial charge on any atom is -0.490 e. The molecule has 2 fully saturated rings. The van der Waals surface area contributed by atoms with Crippen LogP contribution in [0, 0.1) is 17.7 Å². The Morgan fingerprint density at radius 3 is 2.84 bits per heavy atom. The topological polar surface area (TPSA) is 55.8 Å². The Bertz CT molecular complexity index is 661. The van der Waals surface area contributed by atoms with Gasteiger partial charge in [-0.1, -0.05) is 12.1 Å². The molecular formula is C19H24FNO4. The van der Waals surface area contributed by atoms with Crippen molar-refractivity contribution in [3.63, 3.8) is 0 Å². The van der Waals surface area contributed by atoms with Crippen LogP contribution in [0.15, 0.2) is 24.3 Å². The van der Waals surface area contributed by atoms with E-state index in [1.54, 1.807) is 36.9 Å². The largest absolute Gasteiger partial charge is 0.490 e. The lowest BCUT2D eigenvalue weighted by Gasteiger charge is -2.36. The van der Waals surface area contributed by atoms with Gasteiger partial charge in [0.25, 0.3) is 0 Å².